The molecule has 0 fully saturated rings. The summed E-state index contributed by atoms with van der Waals surface area (Å²) in [5, 5.41) is 11.7. The molecule has 8 heteroatoms. The van der Waals surface area contributed by atoms with Crippen molar-refractivity contribution in [2.75, 3.05) is 41.0 Å². The van der Waals surface area contributed by atoms with Gasteiger partial charge >= 0.3 is 11.9 Å². The van der Waals surface area contributed by atoms with E-state index < -0.39 is 18.1 Å². The summed E-state index contributed by atoms with van der Waals surface area (Å²) in [6, 6.07) is -0.735. The molecule has 0 rings (SSSR count). The quantitative estimate of drug-likeness (QED) is 0.0197. The van der Waals surface area contributed by atoms with Gasteiger partial charge in [0.25, 0.3) is 0 Å². The Hall–Kier alpha value is -3.49. The maximum absolute atomic E-state index is 12.8. The van der Waals surface area contributed by atoms with Gasteiger partial charge in [-0.3, -0.25) is 9.59 Å². The van der Waals surface area contributed by atoms with Crippen molar-refractivity contribution in [1.82, 2.24) is 0 Å². The lowest BCUT2D eigenvalue weighted by Gasteiger charge is -2.34. The minimum absolute atomic E-state index is 0.0273. The van der Waals surface area contributed by atoms with E-state index in [-0.39, 0.29) is 42.7 Å². The maximum Gasteiger partial charge on any atom is 0.306 e. The number of carbonyl (C=O) groups is 3. The zero-order valence-electron chi connectivity index (χ0n) is 41.7. The van der Waals surface area contributed by atoms with Crippen LogP contribution in [-0.4, -0.2) is 75.5 Å². The van der Waals surface area contributed by atoms with E-state index in [1.54, 1.807) is 21.1 Å². The van der Waals surface area contributed by atoms with Crippen LogP contribution in [0.5, 0.6) is 0 Å². The van der Waals surface area contributed by atoms with Crippen LogP contribution < -0.4 is 5.11 Å². The van der Waals surface area contributed by atoms with Gasteiger partial charge in [-0.25, -0.2) is 0 Å². The molecule has 0 spiro atoms. The second kappa shape index (κ2) is 46.1. The Kier molecular flexibility index (Phi) is 43.5. The first-order chi connectivity index (χ1) is 31.1. The van der Waals surface area contributed by atoms with E-state index in [1.165, 1.54) is 70.6 Å². The number of allylic oxidation sites excluding steroid dienone is 14. The van der Waals surface area contributed by atoms with Crippen LogP contribution in [0.15, 0.2) is 85.1 Å². The van der Waals surface area contributed by atoms with Gasteiger partial charge in [-0.1, -0.05) is 189 Å². The summed E-state index contributed by atoms with van der Waals surface area (Å²) in [6.07, 6.45) is 60.3. The molecular weight excluding hydrogens is 799 g/mol. The van der Waals surface area contributed by atoms with Crippen LogP contribution in [0.3, 0.4) is 0 Å². The van der Waals surface area contributed by atoms with Crippen molar-refractivity contribution in [3.05, 3.63) is 85.1 Å². The Balaban J connectivity index is 4.31. The predicted molar refractivity (Wildman–Crippen MR) is 268 cm³/mol. The first-order valence-corrected chi connectivity index (χ1v) is 25.6. The first-order valence-electron chi connectivity index (χ1n) is 25.6. The predicted octanol–water partition coefficient (Wildman–Crippen LogP) is 13.5. The third-order valence-corrected chi connectivity index (χ3v) is 11.1. The first kappa shape index (κ1) is 60.5. The maximum atomic E-state index is 12.8. The zero-order valence-corrected chi connectivity index (χ0v) is 41.7. The van der Waals surface area contributed by atoms with E-state index in [0.717, 1.165) is 96.3 Å². The molecule has 2 atom stereocenters. The highest BCUT2D eigenvalue weighted by Gasteiger charge is 2.25. The minimum Gasteiger partial charge on any atom is -0.544 e. The van der Waals surface area contributed by atoms with Crippen molar-refractivity contribution in [3.63, 3.8) is 0 Å². The molecule has 64 heavy (non-hydrogen) atoms. The lowest BCUT2D eigenvalue weighted by atomic mass is 10.1. The average Bonchev–Trinajstić information content (AvgIpc) is 3.26. The Bertz CT molecular complexity index is 1320. The molecule has 0 aromatic heterocycles. The van der Waals surface area contributed by atoms with Crippen LogP contribution in [0, 0.1) is 0 Å². The smallest absolute Gasteiger partial charge is 0.306 e. The molecule has 0 aromatic carbocycles. The van der Waals surface area contributed by atoms with Crippen LogP contribution >= 0.6 is 0 Å². The number of hydrogen-bond donors (Lipinski definition) is 0. The lowest BCUT2D eigenvalue weighted by molar-refractivity contribution is -0.889. The zero-order chi connectivity index (χ0) is 47.0. The highest BCUT2D eigenvalue weighted by molar-refractivity contribution is 5.70. The third-order valence-electron chi connectivity index (χ3n) is 11.1. The summed E-state index contributed by atoms with van der Waals surface area (Å²) in [4.78, 5) is 37.0. The molecule has 0 aliphatic heterocycles. The number of nitrogens with zero attached hydrogens (tertiary/aromatic N) is 1. The Morgan fingerprint density at radius 3 is 1.42 bits per heavy atom. The van der Waals surface area contributed by atoms with Gasteiger partial charge in [-0.2, -0.15) is 0 Å². The minimum atomic E-state index is -1.13. The SMILES string of the molecule is CC/C=C/C/C=C/C/C=C/C/C=C/CCCCCCCCCCCC(=O)OC(COCCC(C(=O)[O-])[N+](C)(C)C)COC(=O)CCCCCCC/C=C/C=C/C=C/CCCCCCC. The summed E-state index contributed by atoms with van der Waals surface area (Å²) in [5.74, 6) is -1.77. The molecule has 0 saturated heterocycles. The van der Waals surface area contributed by atoms with Crippen LogP contribution in [0.1, 0.15) is 200 Å². The van der Waals surface area contributed by atoms with Gasteiger partial charge in [0, 0.05) is 19.3 Å². The highest BCUT2D eigenvalue weighted by atomic mass is 16.6. The van der Waals surface area contributed by atoms with Crippen LogP contribution in [-0.2, 0) is 28.6 Å². The van der Waals surface area contributed by atoms with Gasteiger partial charge in [0.05, 0.1) is 40.3 Å². The van der Waals surface area contributed by atoms with Crippen molar-refractivity contribution in [2.24, 2.45) is 0 Å². The van der Waals surface area contributed by atoms with E-state index in [4.69, 9.17) is 14.2 Å². The number of carbonyl (C=O) groups excluding carboxylic acids is 3. The monoisotopic (exact) mass is 894 g/mol. The number of aliphatic carboxylic acids is 1. The van der Waals surface area contributed by atoms with E-state index in [2.05, 4.69) is 98.9 Å². The second-order valence-corrected chi connectivity index (χ2v) is 18.1. The molecule has 0 amide bonds. The number of carboxylic acid groups (broad SMARTS) is 1. The summed E-state index contributed by atoms with van der Waals surface area (Å²) < 4.78 is 17.2. The van der Waals surface area contributed by atoms with Crippen molar-refractivity contribution < 1.29 is 38.2 Å². The average molecular weight is 894 g/mol. The highest BCUT2D eigenvalue weighted by Crippen LogP contribution is 2.14. The Morgan fingerprint density at radius 2 is 0.938 bits per heavy atom. The van der Waals surface area contributed by atoms with Crippen LogP contribution in [0.2, 0.25) is 0 Å². The van der Waals surface area contributed by atoms with Crippen molar-refractivity contribution in [3.8, 4) is 0 Å². The van der Waals surface area contributed by atoms with E-state index in [9.17, 15) is 19.5 Å². The molecular formula is C56H95NO7. The number of esters is 2. The topological polar surface area (TPSA) is 102 Å². The van der Waals surface area contributed by atoms with E-state index >= 15 is 0 Å². The van der Waals surface area contributed by atoms with E-state index in [1.807, 2.05) is 0 Å². The standard InChI is InChI=1S/C56H95NO7/c1-6-8-10-12-14-16-18-20-22-24-26-27-28-29-31-33-35-37-39-41-43-45-47-55(59)64-52(50-62-49-48-53(56(60)61)57(3,4)5)51-63-54(58)46-44-42-40-38-36-34-32-30-25-23-21-19-17-15-13-11-9-7-2/h8,10,14,16,19-23,25-27,30,32,52-53H,6-7,9,11-13,15,17-18,24,28-29,31,33-51H2,1-5H3/b10-8+,16-14+,21-19+,22-20+,25-23+,27-26+,32-30+. The Labute approximate surface area is 393 Å². The summed E-state index contributed by atoms with van der Waals surface area (Å²) >= 11 is 0. The molecule has 0 aromatic rings. The van der Waals surface area contributed by atoms with Gasteiger partial charge in [-0.15, -0.1) is 0 Å². The molecule has 0 heterocycles. The number of rotatable bonds is 45. The number of carboxylic acids is 1. The molecule has 0 aliphatic carbocycles. The molecule has 0 N–H and O–H groups in total. The summed E-state index contributed by atoms with van der Waals surface area (Å²) in [7, 11) is 5.40. The molecule has 0 saturated carbocycles. The molecule has 366 valence electrons. The fourth-order valence-corrected chi connectivity index (χ4v) is 7.12. The molecule has 8 nitrogen and oxygen atoms in total. The summed E-state index contributed by atoms with van der Waals surface area (Å²) in [6.45, 7) is 4.51. The van der Waals surface area contributed by atoms with Gasteiger partial charge in [0.1, 0.15) is 12.6 Å². The lowest BCUT2D eigenvalue weighted by Crippen LogP contribution is -2.55. The third kappa shape index (κ3) is 43.7. The van der Waals surface area contributed by atoms with E-state index in [0.29, 0.717) is 12.8 Å². The van der Waals surface area contributed by atoms with Gasteiger partial charge < -0.3 is 28.6 Å². The van der Waals surface area contributed by atoms with Crippen molar-refractivity contribution in [2.45, 2.75) is 212 Å². The van der Waals surface area contributed by atoms with Crippen LogP contribution in [0.25, 0.3) is 0 Å². The molecule has 0 aliphatic rings. The molecule has 0 bridgehead atoms. The van der Waals surface area contributed by atoms with Crippen molar-refractivity contribution >= 4 is 17.9 Å². The van der Waals surface area contributed by atoms with Crippen molar-refractivity contribution in [1.29, 1.82) is 0 Å². The fourth-order valence-electron chi connectivity index (χ4n) is 7.12. The van der Waals surface area contributed by atoms with Crippen LogP contribution in [0.4, 0.5) is 0 Å². The Morgan fingerprint density at radius 1 is 0.500 bits per heavy atom. The van der Waals surface area contributed by atoms with Gasteiger partial charge in [-0.05, 0) is 77.0 Å². The second-order valence-electron chi connectivity index (χ2n) is 18.1. The number of ether oxygens (including phenoxy) is 3. The number of hydrogen-bond acceptors (Lipinski definition) is 7. The normalized spacial score (nSPS) is 13.6. The largest absolute Gasteiger partial charge is 0.544 e. The van der Waals surface area contributed by atoms with Gasteiger partial charge in [0.2, 0.25) is 0 Å². The molecule has 2 unspecified atom stereocenters. The molecule has 0 radical (unpaired) electrons. The fraction of sp³-hybridized carbons (Fsp3) is 0.696. The van der Waals surface area contributed by atoms with Gasteiger partial charge in [0.15, 0.2) is 6.10 Å². The summed E-state index contributed by atoms with van der Waals surface area (Å²) in [5.41, 5.74) is 0. The number of likely N-dealkylation sites (N-methyl/N-ethyl adjacent to an activating group) is 1. The number of quaternary nitrogens is 1. The number of unbranched alkanes of at least 4 members (excludes halogenated alkanes) is 19.